The van der Waals surface area contributed by atoms with Crippen LogP contribution in [-0.4, -0.2) is 42.4 Å². The third-order valence-electron chi connectivity index (χ3n) is 3.10. The van der Waals surface area contributed by atoms with Crippen molar-refractivity contribution in [2.45, 2.75) is 26.1 Å². The number of benzene rings is 1. The molecule has 0 saturated carbocycles. The van der Waals surface area contributed by atoms with E-state index in [1.807, 2.05) is 0 Å². The van der Waals surface area contributed by atoms with E-state index >= 15 is 0 Å². The molecule has 4 nitrogen and oxygen atoms in total. The predicted octanol–water partition coefficient (Wildman–Crippen LogP) is 3.01. The Morgan fingerprint density at radius 3 is 2.52 bits per heavy atom. The molecule has 0 heterocycles. The van der Waals surface area contributed by atoms with Crippen molar-refractivity contribution < 1.29 is 27.8 Å². The number of carboxylic acid groups (broad SMARTS) is 1. The Morgan fingerprint density at radius 2 is 2.05 bits per heavy atom. The molecule has 1 atom stereocenters. The van der Waals surface area contributed by atoms with Crippen molar-refractivity contribution in [2.24, 2.45) is 0 Å². The summed E-state index contributed by atoms with van der Waals surface area (Å²) in [7, 11) is 1.42. The van der Waals surface area contributed by atoms with Crippen LogP contribution in [0.1, 0.15) is 24.1 Å². The normalized spacial score (nSPS) is 13.3. The summed E-state index contributed by atoms with van der Waals surface area (Å²) in [5.41, 5.74) is 1.39. The first-order valence-electron chi connectivity index (χ1n) is 6.31. The largest absolute Gasteiger partial charge is 0.496 e. The first-order chi connectivity index (χ1) is 9.64. The Kier molecular flexibility index (Phi) is 5.60. The summed E-state index contributed by atoms with van der Waals surface area (Å²) >= 11 is 0. The van der Waals surface area contributed by atoms with E-state index in [-0.39, 0.29) is 0 Å². The van der Waals surface area contributed by atoms with E-state index in [2.05, 4.69) is 0 Å². The van der Waals surface area contributed by atoms with Gasteiger partial charge in [0.15, 0.2) is 0 Å². The third kappa shape index (κ3) is 5.26. The number of hydrogen-bond donors (Lipinski definition) is 1. The van der Waals surface area contributed by atoms with Gasteiger partial charge in [-0.05, 0) is 19.9 Å². The molecule has 0 radical (unpaired) electrons. The van der Waals surface area contributed by atoms with Gasteiger partial charge in [-0.2, -0.15) is 13.2 Å². The first kappa shape index (κ1) is 17.3. The minimum absolute atomic E-state index is 0.436. The van der Waals surface area contributed by atoms with Crippen LogP contribution in [0.15, 0.2) is 18.2 Å². The van der Waals surface area contributed by atoms with Crippen molar-refractivity contribution >= 4 is 5.97 Å². The predicted molar refractivity (Wildman–Crippen MR) is 71.4 cm³/mol. The van der Waals surface area contributed by atoms with Gasteiger partial charge in [0, 0.05) is 11.6 Å². The number of carbonyl (C=O) groups is 1. The van der Waals surface area contributed by atoms with E-state index in [4.69, 9.17) is 9.84 Å². The standard InChI is InChI=1S/C14H18F3NO3/c1-9-4-5-12(21-3)11(6-9)10(2)18(7-13(19)20)8-14(15,16)17/h4-6,10H,7-8H2,1-3H3,(H,19,20). The highest BCUT2D eigenvalue weighted by atomic mass is 19.4. The van der Waals surface area contributed by atoms with Crippen molar-refractivity contribution in [1.29, 1.82) is 0 Å². The van der Waals surface area contributed by atoms with Gasteiger partial charge < -0.3 is 9.84 Å². The van der Waals surface area contributed by atoms with Crippen LogP contribution in [0.5, 0.6) is 5.75 Å². The Hall–Kier alpha value is -1.76. The van der Waals surface area contributed by atoms with Crippen molar-refractivity contribution in [1.82, 2.24) is 4.90 Å². The highest BCUT2D eigenvalue weighted by molar-refractivity contribution is 5.69. The van der Waals surface area contributed by atoms with E-state index < -0.39 is 31.3 Å². The van der Waals surface area contributed by atoms with Crippen LogP contribution in [-0.2, 0) is 4.79 Å². The lowest BCUT2D eigenvalue weighted by molar-refractivity contribution is -0.158. The van der Waals surface area contributed by atoms with Crippen LogP contribution < -0.4 is 4.74 Å². The quantitative estimate of drug-likeness (QED) is 0.878. The minimum Gasteiger partial charge on any atom is -0.496 e. The van der Waals surface area contributed by atoms with E-state index in [0.29, 0.717) is 11.3 Å². The molecule has 0 bridgehead atoms. The molecule has 1 unspecified atom stereocenters. The second-order valence-corrected chi connectivity index (χ2v) is 4.84. The van der Waals surface area contributed by atoms with Crippen LogP contribution in [0.25, 0.3) is 0 Å². The average Bonchev–Trinajstić information content (AvgIpc) is 2.34. The minimum atomic E-state index is -4.47. The number of nitrogens with zero attached hydrogens (tertiary/aromatic N) is 1. The van der Waals surface area contributed by atoms with Crippen LogP contribution in [0.4, 0.5) is 13.2 Å². The van der Waals surface area contributed by atoms with Gasteiger partial charge in [0.05, 0.1) is 20.2 Å². The SMILES string of the molecule is COc1ccc(C)cc1C(C)N(CC(=O)O)CC(F)(F)F. The number of aliphatic carboxylic acids is 1. The van der Waals surface area contributed by atoms with E-state index in [9.17, 15) is 18.0 Å². The van der Waals surface area contributed by atoms with Gasteiger partial charge in [-0.3, -0.25) is 9.69 Å². The number of hydrogen-bond acceptors (Lipinski definition) is 3. The molecule has 7 heteroatoms. The molecule has 1 rings (SSSR count). The van der Waals surface area contributed by atoms with E-state index in [0.717, 1.165) is 10.5 Å². The zero-order chi connectivity index (χ0) is 16.2. The lowest BCUT2D eigenvalue weighted by Gasteiger charge is -2.29. The second kappa shape index (κ2) is 6.80. The zero-order valence-corrected chi connectivity index (χ0v) is 12.1. The maximum Gasteiger partial charge on any atom is 0.401 e. The van der Waals surface area contributed by atoms with Gasteiger partial charge in [-0.1, -0.05) is 17.7 Å². The third-order valence-corrected chi connectivity index (χ3v) is 3.10. The summed E-state index contributed by atoms with van der Waals surface area (Å²) in [6.07, 6.45) is -4.47. The number of carboxylic acids is 1. The summed E-state index contributed by atoms with van der Waals surface area (Å²) in [5.74, 6) is -0.872. The van der Waals surface area contributed by atoms with Crippen LogP contribution >= 0.6 is 0 Å². The summed E-state index contributed by atoms with van der Waals surface area (Å²) < 4.78 is 43.0. The van der Waals surface area contributed by atoms with Crippen LogP contribution in [0.2, 0.25) is 0 Å². The summed E-state index contributed by atoms with van der Waals surface area (Å²) in [5, 5.41) is 8.82. The zero-order valence-electron chi connectivity index (χ0n) is 12.1. The van der Waals surface area contributed by atoms with Gasteiger partial charge in [-0.15, -0.1) is 0 Å². The number of alkyl halides is 3. The Morgan fingerprint density at radius 1 is 1.43 bits per heavy atom. The molecule has 0 amide bonds. The van der Waals surface area contributed by atoms with Gasteiger partial charge in [0.25, 0.3) is 0 Å². The fourth-order valence-electron chi connectivity index (χ4n) is 2.11. The smallest absolute Gasteiger partial charge is 0.401 e. The number of halogens is 3. The first-order valence-corrected chi connectivity index (χ1v) is 6.31. The molecule has 1 aromatic carbocycles. The molecule has 21 heavy (non-hydrogen) atoms. The highest BCUT2D eigenvalue weighted by Gasteiger charge is 2.34. The van der Waals surface area contributed by atoms with Gasteiger partial charge in [-0.25, -0.2) is 0 Å². The van der Waals surface area contributed by atoms with Crippen LogP contribution in [0.3, 0.4) is 0 Å². The van der Waals surface area contributed by atoms with Crippen LogP contribution in [0, 0.1) is 6.92 Å². The molecule has 0 fully saturated rings. The molecule has 0 aromatic heterocycles. The number of aryl methyl sites for hydroxylation is 1. The molecule has 118 valence electrons. The molecular weight excluding hydrogens is 287 g/mol. The Labute approximate surface area is 121 Å². The molecular formula is C14H18F3NO3. The molecule has 1 aromatic rings. The monoisotopic (exact) mass is 305 g/mol. The van der Waals surface area contributed by atoms with Crippen molar-refractivity contribution in [3.63, 3.8) is 0 Å². The summed E-state index contributed by atoms with van der Waals surface area (Å²) in [6, 6.07) is 4.40. The van der Waals surface area contributed by atoms with Crippen molar-refractivity contribution in [3.05, 3.63) is 29.3 Å². The van der Waals surface area contributed by atoms with Gasteiger partial charge in [0.2, 0.25) is 0 Å². The molecule has 0 spiro atoms. The lowest BCUT2D eigenvalue weighted by Crippen LogP contribution is -2.39. The average molecular weight is 305 g/mol. The summed E-state index contributed by atoms with van der Waals surface area (Å²) in [6.45, 7) is 1.35. The molecule has 0 saturated heterocycles. The molecule has 0 aliphatic heterocycles. The number of methoxy groups -OCH3 is 1. The van der Waals surface area contributed by atoms with Gasteiger partial charge in [0.1, 0.15) is 5.75 Å². The maximum absolute atomic E-state index is 12.6. The van der Waals surface area contributed by atoms with E-state index in [1.54, 1.807) is 25.1 Å². The van der Waals surface area contributed by atoms with Gasteiger partial charge >= 0.3 is 12.1 Å². The fraction of sp³-hybridized carbons (Fsp3) is 0.500. The Bertz CT molecular complexity index is 503. The van der Waals surface area contributed by atoms with E-state index in [1.165, 1.54) is 14.0 Å². The number of ether oxygens (including phenoxy) is 1. The maximum atomic E-state index is 12.6. The molecule has 0 aliphatic carbocycles. The second-order valence-electron chi connectivity index (χ2n) is 4.84. The topological polar surface area (TPSA) is 49.8 Å². The molecule has 0 aliphatic rings. The Balaban J connectivity index is 3.12. The lowest BCUT2D eigenvalue weighted by atomic mass is 10.0. The van der Waals surface area contributed by atoms with Crippen molar-refractivity contribution in [2.75, 3.05) is 20.2 Å². The fourth-order valence-corrected chi connectivity index (χ4v) is 2.11. The molecule has 1 N–H and O–H groups in total. The highest BCUT2D eigenvalue weighted by Crippen LogP contribution is 2.31. The summed E-state index contributed by atoms with van der Waals surface area (Å²) in [4.78, 5) is 11.7. The number of rotatable bonds is 6. The van der Waals surface area contributed by atoms with Crippen molar-refractivity contribution in [3.8, 4) is 5.75 Å².